The molecule has 0 aliphatic carbocycles. The molecular weight excluding hydrogens is 248 g/mol. The number of carbonyl (C=O) groups is 1. The van der Waals surface area contributed by atoms with Gasteiger partial charge in [-0.3, -0.25) is 10.1 Å². The largest absolute Gasteiger partial charge is 0.465 e. The number of alkyl halides is 1. The number of halogens is 2. The minimum atomic E-state index is -2.09. The monoisotopic (exact) mass is 259 g/mol. The Labute approximate surface area is 102 Å². The third-order valence-electron chi connectivity index (χ3n) is 2.33. The van der Waals surface area contributed by atoms with Gasteiger partial charge in [-0.25, -0.2) is 13.6 Å². The first kappa shape index (κ1) is 14.0. The highest BCUT2D eigenvalue weighted by atomic mass is 19.1. The maximum Gasteiger partial charge on any atom is 0.344 e. The fraction of sp³-hybridized carbons (Fsp3) is 0.364. The van der Waals surface area contributed by atoms with E-state index in [1.165, 1.54) is 0 Å². The van der Waals surface area contributed by atoms with Crippen molar-refractivity contribution in [2.24, 2.45) is 0 Å². The van der Waals surface area contributed by atoms with Crippen LogP contribution in [0.2, 0.25) is 0 Å². The van der Waals surface area contributed by atoms with Gasteiger partial charge in [-0.1, -0.05) is 0 Å². The van der Waals surface area contributed by atoms with E-state index < -0.39 is 39.2 Å². The van der Waals surface area contributed by atoms with Crippen LogP contribution in [0.25, 0.3) is 0 Å². The smallest absolute Gasteiger partial charge is 0.344 e. The maximum atomic E-state index is 13.7. The van der Waals surface area contributed by atoms with E-state index >= 15 is 0 Å². The number of esters is 1. The lowest BCUT2D eigenvalue weighted by molar-refractivity contribution is -0.385. The molecule has 0 spiro atoms. The summed E-state index contributed by atoms with van der Waals surface area (Å²) in [6, 6.07) is 1.32. The average Bonchev–Trinajstić information content (AvgIpc) is 2.25. The van der Waals surface area contributed by atoms with Crippen molar-refractivity contribution in [3.8, 4) is 0 Å². The lowest BCUT2D eigenvalue weighted by atomic mass is 9.97. The highest BCUT2D eigenvalue weighted by Gasteiger charge is 2.30. The molecule has 7 heteroatoms. The summed E-state index contributed by atoms with van der Waals surface area (Å²) >= 11 is 0. The van der Waals surface area contributed by atoms with Gasteiger partial charge in [-0.15, -0.1) is 0 Å². The zero-order chi connectivity index (χ0) is 14.1. The standard InChI is InChI=1S/C11H11F2NO4/c1-11(2,13)7-5-9(14(16)17)6(4-8(7)12)10(15)18-3/h4-5H,1-3H3. The van der Waals surface area contributed by atoms with E-state index in [2.05, 4.69) is 4.74 Å². The van der Waals surface area contributed by atoms with Crippen LogP contribution in [0.15, 0.2) is 12.1 Å². The molecule has 0 atom stereocenters. The number of benzene rings is 1. The van der Waals surface area contributed by atoms with E-state index in [0.717, 1.165) is 21.0 Å². The molecule has 98 valence electrons. The van der Waals surface area contributed by atoms with Crippen LogP contribution in [0.3, 0.4) is 0 Å². The lowest BCUT2D eigenvalue weighted by Crippen LogP contribution is -2.15. The molecule has 0 unspecified atom stereocenters. The topological polar surface area (TPSA) is 69.4 Å². The average molecular weight is 259 g/mol. The summed E-state index contributed by atoms with van der Waals surface area (Å²) in [6.45, 7) is 2.12. The van der Waals surface area contributed by atoms with Crippen LogP contribution in [-0.2, 0) is 10.4 Å². The van der Waals surface area contributed by atoms with E-state index in [-0.39, 0.29) is 0 Å². The van der Waals surface area contributed by atoms with Gasteiger partial charge in [0.05, 0.1) is 12.0 Å². The lowest BCUT2D eigenvalue weighted by Gasteiger charge is -2.16. The van der Waals surface area contributed by atoms with Gasteiger partial charge in [-0.2, -0.15) is 0 Å². The highest BCUT2D eigenvalue weighted by Crippen LogP contribution is 2.32. The van der Waals surface area contributed by atoms with Gasteiger partial charge < -0.3 is 4.74 Å². The van der Waals surface area contributed by atoms with E-state index in [9.17, 15) is 23.7 Å². The summed E-state index contributed by atoms with van der Waals surface area (Å²) in [7, 11) is 1.01. The molecule has 18 heavy (non-hydrogen) atoms. The number of nitro benzene ring substituents is 1. The summed E-state index contributed by atoms with van der Waals surface area (Å²) in [6.07, 6.45) is 0. The van der Waals surface area contributed by atoms with E-state index in [0.29, 0.717) is 12.1 Å². The molecule has 0 fully saturated rings. The third-order valence-corrected chi connectivity index (χ3v) is 2.33. The molecule has 0 amide bonds. The summed E-state index contributed by atoms with van der Waals surface area (Å²) < 4.78 is 31.6. The first-order valence-corrected chi connectivity index (χ1v) is 4.94. The Morgan fingerprint density at radius 3 is 2.39 bits per heavy atom. The summed E-state index contributed by atoms with van der Waals surface area (Å²) in [4.78, 5) is 21.2. The Hall–Kier alpha value is -2.05. The van der Waals surface area contributed by atoms with Gasteiger partial charge in [-0.05, 0) is 19.9 Å². The van der Waals surface area contributed by atoms with Crippen molar-refractivity contribution in [3.63, 3.8) is 0 Å². The fourth-order valence-electron chi connectivity index (χ4n) is 1.44. The Kier molecular flexibility index (Phi) is 3.64. The Morgan fingerprint density at radius 1 is 1.44 bits per heavy atom. The molecule has 0 saturated carbocycles. The zero-order valence-electron chi connectivity index (χ0n) is 9.99. The number of carbonyl (C=O) groups excluding carboxylic acids is 1. The SMILES string of the molecule is COC(=O)c1cc(F)c(C(C)(C)F)cc1[N+](=O)[O-]. The van der Waals surface area contributed by atoms with Gasteiger partial charge in [0.1, 0.15) is 17.0 Å². The van der Waals surface area contributed by atoms with Crippen LogP contribution in [0.1, 0.15) is 29.8 Å². The molecular formula is C11H11F2NO4. The van der Waals surface area contributed by atoms with Crippen molar-refractivity contribution in [1.29, 1.82) is 0 Å². The van der Waals surface area contributed by atoms with Crippen LogP contribution >= 0.6 is 0 Å². The molecule has 1 aromatic carbocycles. The van der Waals surface area contributed by atoms with Crippen molar-refractivity contribution in [2.75, 3.05) is 7.11 Å². The zero-order valence-corrected chi connectivity index (χ0v) is 9.99. The molecule has 0 radical (unpaired) electrons. The number of nitro groups is 1. The van der Waals surface area contributed by atoms with Crippen LogP contribution in [-0.4, -0.2) is 18.0 Å². The summed E-state index contributed by atoms with van der Waals surface area (Å²) in [5, 5.41) is 10.8. The van der Waals surface area contributed by atoms with Crippen molar-refractivity contribution in [3.05, 3.63) is 39.2 Å². The molecule has 0 heterocycles. The number of hydrogen-bond donors (Lipinski definition) is 0. The van der Waals surface area contributed by atoms with Crippen molar-refractivity contribution >= 4 is 11.7 Å². The van der Waals surface area contributed by atoms with Crippen LogP contribution < -0.4 is 0 Å². The normalized spacial score (nSPS) is 11.2. The first-order chi connectivity index (χ1) is 8.18. The number of methoxy groups -OCH3 is 1. The minimum Gasteiger partial charge on any atom is -0.465 e. The predicted octanol–water partition coefficient (Wildman–Crippen LogP) is 2.73. The molecule has 0 N–H and O–H groups in total. The van der Waals surface area contributed by atoms with Crippen molar-refractivity contribution in [2.45, 2.75) is 19.5 Å². The number of ether oxygens (including phenoxy) is 1. The van der Waals surface area contributed by atoms with Gasteiger partial charge in [0, 0.05) is 11.6 Å². The first-order valence-electron chi connectivity index (χ1n) is 4.94. The van der Waals surface area contributed by atoms with E-state index in [1.807, 2.05) is 0 Å². The molecule has 0 aromatic heterocycles. The summed E-state index contributed by atoms with van der Waals surface area (Å²) in [5.74, 6) is -2.09. The number of hydrogen-bond acceptors (Lipinski definition) is 4. The highest BCUT2D eigenvalue weighted by molar-refractivity contribution is 5.94. The summed E-state index contributed by atoms with van der Waals surface area (Å²) in [5.41, 5.74) is -3.82. The van der Waals surface area contributed by atoms with Gasteiger partial charge in [0.25, 0.3) is 5.69 Å². The van der Waals surface area contributed by atoms with Gasteiger partial charge >= 0.3 is 5.97 Å². The second-order valence-corrected chi connectivity index (χ2v) is 4.07. The Morgan fingerprint density at radius 2 is 2.00 bits per heavy atom. The third kappa shape index (κ3) is 2.61. The van der Waals surface area contributed by atoms with Crippen LogP contribution in [0.4, 0.5) is 14.5 Å². The van der Waals surface area contributed by atoms with Crippen molar-refractivity contribution < 1.29 is 23.2 Å². The predicted molar refractivity (Wildman–Crippen MR) is 58.5 cm³/mol. The van der Waals surface area contributed by atoms with Gasteiger partial charge in [0.2, 0.25) is 0 Å². The molecule has 1 rings (SSSR count). The van der Waals surface area contributed by atoms with Crippen LogP contribution in [0.5, 0.6) is 0 Å². The molecule has 0 aliphatic heterocycles. The van der Waals surface area contributed by atoms with E-state index in [4.69, 9.17) is 0 Å². The number of rotatable bonds is 3. The van der Waals surface area contributed by atoms with Crippen LogP contribution in [0, 0.1) is 15.9 Å². The van der Waals surface area contributed by atoms with Gasteiger partial charge in [0.15, 0.2) is 0 Å². The molecule has 0 aliphatic rings. The molecule has 5 nitrogen and oxygen atoms in total. The Bertz CT molecular complexity index is 509. The molecule has 0 saturated heterocycles. The van der Waals surface area contributed by atoms with E-state index in [1.54, 1.807) is 0 Å². The second kappa shape index (κ2) is 4.67. The minimum absolute atomic E-state index is 0.484. The Balaban J connectivity index is 3.54. The molecule has 1 aromatic rings. The molecule has 0 bridgehead atoms. The fourth-order valence-corrected chi connectivity index (χ4v) is 1.44. The number of nitrogens with zero attached hydrogens (tertiary/aromatic N) is 1. The quantitative estimate of drug-likeness (QED) is 0.475. The van der Waals surface area contributed by atoms with Crippen molar-refractivity contribution in [1.82, 2.24) is 0 Å². The maximum absolute atomic E-state index is 13.7. The second-order valence-electron chi connectivity index (χ2n) is 4.07.